The van der Waals surface area contributed by atoms with Crippen molar-refractivity contribution in [2.24, 2.45) is 5.41 Å². The van der Waals surface area contributed by atoms with Crippen molar-refractivity contribution in [3.05, 3.63) is 58.6 Å². The summed E-state index contributed by atoms with van der Waals surface area (Å²) in [6, 6.07) is 2.98. The van der Waals surface area contributed by atoms with Gasteiger partial charge in [0.15, 0.2) is 6.10 Å². The van der Waals surface area contributed by atoms with Gasteiger partial charge in [0.2, 0.25) is 5.78 Å². The Morgan fingerprint density at radius 1 is 1.31 bits per heavy atom. The Kier molecular flexibility index (Phi) is 5.58. The minimum Gasteiger partial charge on any atom is -0.509 e. The molecule has 2 atom stereocenters. The number of amides is 1. The van der Waals surface area contributed by atoms with Gasteiger partial charge < -0.3 is 25.2 Å². The molecule has 2 unspecified atom stereocenters. The fourth-order valence-electron chi connectivity index (χ4n) is 4.67. The molecular weight excluding hydrogens is 422 g/mol. The fraction of sp³-hybridized carbons (Fsp3) is 0.478. The van der Waals surface area contributed by atoms with Crippen molar-refractivity contribution in [1.82, 2.24) is 10.2 Å². The topological polar surface area (TPSA) is 99.1 Å². The number of aliphatic hydroxyl groups is 2. The number of aliphatic hydroxyl groups excluding tert-OH is 2. The van der Waals surface area contributed by atoms with Gasteiger partial charge in [-0.3, -0.25) is 9.59 Å². The predicted molar refractivity (Wildman–Crippen MR) is 110 cm³/mol. The maximum absolute atomic E-state index is 13.9. The lowest BCUT2D eigenvalue weighted by Crippen LogP contribution is -2.61. The van der Waals surface area contributed by atoms with Gasteiger partial charge >= 0.3 is 0 Å². The van der Waals surface area contributed by atoms with Crippen molar-refractivity contribution < 1.29 is 33.3 Å². The van der Waals surface area contributed by atoms with Crippen LogP contribution in [0, 0.1) is 17.0 Å². The van der Waals surface area contributed by atoms with Crippen LogP contribution < -0.4 is 5.32 Å². The second-order valence-corrected chi connectivity index (χ2v) is 9.02. The lowest BCUT2D eigenvalue weighted by molar-refractivity contribution is -0.166. The Morgan fingerprint density at radius 3 is 2.72 bits per heavy atom. The highest BCUT2D eigenvalue weighted by Gasteiger charge is 2.57. The maximum atomic E-state index is 13.9. The number of rotatable bonds is 3. The van der Waals surface area contributed by atoms with Gasteiger partial charge in [-0.2, -0.15) is 0 Å². The number of ketones is 1. The van der Waals surface area contributed by atoms with E-state index in [1.807, 2.05) is 0 Å². The van der Waals surface area contributed by atoms with Crippen LogP contribution in [0.15, 0.2) is 41.4 Å². The number of Topliss-reactive ketones (excluding diaryl/α,β-unsaturated/α-hetero) is 1. The molecule has 4 rings (SSSR count). The molecule has 7 nitrogen and oxygen atoms in total. The first-order valence-corrected chi connectivity index (χ1v) is 10.6. The molecule has 0 bridgehead atoms. The average molecular weight is 448 g/mol. The van der Waals surface area contributed by atoms with Crippen LogP contribution in [-0.2, 0) is 20.9 Å². The second kappa shape index (κ2) is 7.97. The molecule has 0 radical (unpaired) electrons. The highest BCUT2D eigenvalue weighted by molar-refractivity contribution is 6.09. The molecule has 0 aromatic heterocycles. The van der Waals surface area contributed by atoms with Crippen LogP contribution in [-0.4, -0.2) is 51.7 Å². The van der Waals surface area contributed by atoms with Crippen molar-refractivity contribution in [3.8, 4) is 0 Å². The van der Waals surface area contributed by atoms with Gasteiger partial charge in [-0.05, 0) is 39.2 Å². The van der Waals surface area contributed by atoms with Gasteiger partial charge in [-0.15, -0.1) is 0 Å². The molecule has 1 fully saturated rings. The van der Waals surface area contributed by atoms with Gasteiger partial charge in [0.05, 0.1) is 23.1 Å². The lowest BCUT2D eigenvalue weighted by atomic mass is 9.66. The molecule has 1 aromatic rings. The van der Waals surface area contributed by atoms with Gasteiger partial charge in [-0.1, -0.05) is 6.07 Å². The molecule has 0 saturated carbocycles. The van der Waals surface area contributed by atoms with Crippen LogP contribution in [0.5, 0.6) is 0 Å². The minimum absolute atomic E-state index is 0.0524. The van der Waals surface area contributed by atoms with Crippen LogP contribution >= 0.6 is 0 Å². The zero-order chi connectivity index (χ0) is 23.3. The first kappa shape index (κ1) is 22.4. The Labute approximate surface area is 184 Å². The molecule has 1 aromatic carbocycles. The van der Waals surface area contributed by atoms with Crippen molar-refractivity contribution in [1.29, 1.82) is 0 Å². The van der Waals surface area contributed by atoms with E-state index in [1.54, 1.807) is 13.8 Å². The number of carbonyl (C=O) groups is 2. The summed E-state index contributed by atoms with van der Waals surface area (Å²) in [4.78, 5) is 27.1. The van der Waals surface area contributed by atoms with Crippen LogP contribution in [0.2, 0.25) is 0 Å². The van der Waals surface area contributed by atoms with E-state index in [2.05, 4.69) is 5.32 Å². The van der Waals surface area contributed by atoms with E-state index in [0.717, 1.165) is 18.9 Å². The van der Waals surface area contributed by atoms with Crippen LogP contribution in [0.25, 0.3) is 0 Å². The first-order valence-electron chi connectivity index (χ1n) is 10.6. The van der Waals surface area contributed by atoms with E-state index in [0.29, 0.717) is 19.1 Å². The Hall–Kier alpha value is -2.78. The van der Waals surface area contributed by atoms with Crippen molar-refractivity contribution >= 4 is 11.7 Å². The molecule has 32 heavy (non-hydrogen) atoms. The summed E-state index contributed by atoms with van der Waals surface area (Å²) in [5.41, 5.74) is -1.83. The van der Waals surface area contributed by atoms with Crippen LogP contribution in [0.3, 0.4) is 0 Å². The summed E-state index contributed by atoms with van der Waals surface area (Å²) in [5, 5.41) is 24.0. The number of ether oxygens (including phenoxy) is 1. The van der Waals surface area contributed by atoms with Gasteiger partial charge in [-0.25, -0.2) is 8.78 Å². The average Bonchev–Trinajstić information content (AvgIpc) is 2.75. The predicted octanol–water partition coefficient (Wildman–Crippen LogP) is 2.46. The number of carbonyl (C=O) groups excluding carboxylic acids is 2. The zero-order valence-corrected chi connectivity index (χ0v) is 18.0. The third-order valence-electron chi connectivity index (χ3n) is 6.81. The molecule has 3 aliphatic rings. The number of hydrogen-bond acceptors (Lipinski definition) is 6. The Morgan fingerprint density at radius 2 is 2.06 bits per heavy atom. The molecule has 3 heterocycles. The minimum atomic E-state index is -1.78. The van der Waals surface area contributed by atoms with Crippen LogP contribution in [0.4, 0.5) is 8.78 Å². The van der Waals surface area contributed by atoms with Crippen LogP contribution in [0.1, 0.15) is 38.7 Å². The van der Waals surface area contributed by atoms with Crippen molar-refractivity contribution in [2.75, 3.05) is 13.2 Å². The monoisotopic (exact) mass is 448 g/mol. The summed E-state index contributed by atoms with van der Waals surface area (Å²) < 4.78 is 33.1. The summed E-state index contributed by atoms with van der Waals surface area (Å²) >= 11 is 0. The van der Waals surface area contributed by atoms with Gasteiger partial charge in [0.25, 0.3) is 5.91 Å². The molecule has 0 aliphatic carbocycles. The normalized spacial score (nSPS) is 27.3. The first-order chi connectivity index (χ1) is 15.1. The van der Waals surface area contributed by atoms with E-state index < -0.39 is 40.4 Å². The molecule has 1 saturated heterocycles. The number of nitrogens with zero attached hydrogens (tertiary/aromatic N) is 1. The summed E-state index contributed by atoms with van der Waals surface area (Å²) in [7, 11) is 0. The smallest absolute Gasteiger partial charge is 0.252 e. The van der Waals surface area contributed by atoms with E-state index in [9.17, 15) is 28.6 Å². The fourth-order valence-corrected chi connectivity index (χ4v) is 4.67. The molecule has 1 amide bonds. The highest BCUT2D eigenvalue weighted by atomic mass is 19.1. The van der Waals surface area contributed by atoms with E-state index in [4.69, 9.17) is 4.74 Å². The standard InChI is InChI=1S/C23H26F2N2O5/c1-22(2)20(30)17-19(29)18(28)15(11-27(17)12-23(22)7-3-4-8-32-23)21(31)26-10-13-5-6-14(24)9-16(13)25/h5-6,9,11,18,28,30H,3-4,7-8,10,12H2,1-2H3,(H,26,31). The molecular formula is C23H26F2N2O5. The van der Waals surface area contributed by atoms with Crippen molar-refractivity contribution in [3.63, 3.8) is 0 Å². The Bertz CT molecular complexity index is 1030. The third kappa shape index (κ3) is 3.49. The largest absolute Gasteiger partial charge is 0.509 e. The number of fused-ring (bicyclic) bond motifs is 1. The summed E-state index contributed by atoms with van der Waals surface area (Å²) in [6.45, 7) is 4.12. The molecule has 172 valence electrons. The SMILES string of the molecule is CC1(C)C(O)=C2C(=O)C(O)C(C(=O)NCc3ccc(F)cc3F)=CN2CC12CCCCO2. The Balaban J connectivity index is 1.62. The second-order valence-electron chi connectivity index (χ2n) is 9.02. The van der Waals surface area contributed by atoms with E-state index in [-0.39, 0.29) is 35.7 Å². The zero-order valence-electron chi connectivity index (χ0n) is 18.0. The third-order valence-corrected chi connectivity index (χ3v) is 6.81. The molecule has 3 aliphatic heterocycles. The van der Waals surface area contributed by atoms with Crippen molar-refractivity contribution in [2.45, 2.75) is 51.4 Å². The summed E-state index contributed by atoms with van der Waals surface area (Å²) in [6.07, 6.45) is 2.03. The van der Waals surface area contributed by atoms with Gasteiger partial charge in [0.1, 0.15) is 23.1 Å². The molecule has 3 N–H and O–H groups in total. The number of nitrogens with one attached hydrogen (secondary N) is 1. The molecule has 1 spiro atoms. The van der Waals surface area contributed by atoms with E-state index >= 15 is 0 Å². The van der Waals surface area contributed by atoms with E-state index in [1.165, 1.54) is 17.2 Å². The number of benzene rings is 1. The summed E-state index contributed by atoms with van der Waals surface area (Å²) in [5.74, 6) is -3.29. The maximum Gasteiger partial charge on any atom is 0.252 e. The molecule has 9 heteroatoms. The number of hydrogen-bond donors (Lipinski definition) is 3. The number of halogens is 2. The van der Waals surface area contributed by atoms with Gasteiger partial charge in [0, 0.05) is 31.0 Å². The quantitative estimate of drug-likeness (QED) is 0.657. The highest BCUT2D eigenvalue weighted by Crippen LogP contribution is 2.51. The lowest BCUT2D eigenvalue weighted by Gasteiger charge is -2.54.